The average Bonchev–Trinajstić information content (AvgIpc) is 2.79. The number of carbonyl (C=O) groups excluding carboxylic acids is 2. The van der Waals surface area contributed by atoms with E-state index in [4.69, 9.17) is 9.72 Å². The highest BCUT2D eigenvalue weighted by Gasteiger charge is 2.44. The van der Waals surface area contributed by atoms with E-state index in [1.54, 1.807) is 6.07 Å². The van der Waals surface area contributed by atoms with E-state index in [0.717, 1.165) is 23.2 Å². The molecule has 4 heterocycles. The third kappa shape index (κ3) is 3.44. The lowest BCUT2D eigenvalue weighted by atomic mass is 9.83. The van der Waals surface area contributed by atoms with Gasteiger partial charge in [-0.3, -0.25) is 9.59 Å². The van der Waals surface area contributed by atoms with Gasteiger partial charge >= 0.3 is 0 Å². The van der Waals surface area contributed by atoms with E-state index in [-0.39, 0.29) is 11.8 Å². The molecule has 162 valence electrons. The van der Waals surface area contributed by atoms with Crippen LogP contribution in [0.4, 0.5) is 5.95 Å². The van der Waals surface area contributed by atoms with Crippen LogP contribution in [0.15, 0.2) is 30.5 Å². The van der Waals surface area contributed by atoms with Gasteiger partial charge in [0, 0.05) is 45.4 Å². The maximum atomic E-state index is 13.2. The van der Waals surface area contributed by atoms with E-state index in [2.05, 4.69) is 10.3 Å². The smallest absolute Gasteiger partial charge is 0.252 e. The van der Waals surface area contributed by atoms with Gasteiger partial charge < -0.3 is 19.9 Å². The Hall–Kier alpha value is -3.00. The second-order valence-corrected chi connectivity index (χ2v) is 8.74. The molecule has 31 heavy (non-hydrogen) atoms. The number of ether oxygens (including phenoxy) is 1. The maximum absolute atomic E-state index is 13.2. The summed E-state index contributed by atoms with van der Waals surface area (Å²) >= 11 is 0. The number of anilines is 1. The molecule has 1 atom stereocenters. The topological polar surface area (TPSA) is 87.7 Å². The standard InChI is InChI=1S/C23H27N5O3/c1-27(2)22-24-14-16-7-12-31-23(19(16)26-22)8-10-28(11-9-23)21(30)18-13-15-5-3-4-6-17(15)20(29)25-18/h3-6,14,18H,7-13H2,1-2H3,(H,25,29). The fourth-order valence-corrected chi connectivity index (χ4v) is 4.88. The summed E-state index contributed by atoms with van der Waals surface area (Å²) < 4.78 is 6.29. The van der Waals surface area contributed by atoms with E-state index in [1.807, 2.05) is 48.3 Å². The largest absolute Gasteiger partial charge is 0.368 e. The Balaban J connectivity index is 1.32. The first kappa shape index (κ1) is 19.9. The summed E-state index contributed by atoms with van der Waals surface area (Å²) in [5, 5.41) is 2.89. The van der Waals surface area contributed by atoms with E-state index in [1.165, 1.54) is 0 Å². The molecule has 5 rings (SSSR count). The van der Waals surface area contributed by atoms with E-state index in [9.17, 15) is 9.59 Å². The van der Waals surface area contributed by atoms with Crippen LogP contribution in [0.1, 0.15) is 40.0 Å². The fraction of sp³-hybridized carbons (Fsp3) is 0.478. The molecule has 1 N–H and O–H groups in total. The zero-order chi connectivity index (χ0) is 21.6. The summed E-state index contributed by atoms with van der Waals surface area (Å²) in [6, 6.07) is 6.97. The second-order valence-electron chi connectivity index (χ2n) is 8.74. The number of fused-ring (bicyclic) bond motifs is 3. The highest BCUT2D eigenvalue weighted by atomic mass is 16.5. The Labute approximate surface area is 181 Å². The summed E-state index contributed by atoms with van der Waals surface area (Å²) in [5.74, 6) is 0.474. The molecule has 1 fully saturated rings. The van der Waals surface area contributed by atoms with Crippen molar-refractivity contribution >= 4 is 17.8 Å². The van der Waals surface area contributed by atoms with Crippen LogP contribution in [0.3, 0.4) is 0 Å². The fourth-order valence-electron chi connectivity index (χ4n) is 4.88. The van der Waals surface area contributed by atoms with Crippen molar-refractivity contribution in [3.63, 3.8) is 0 Å². The molecule has 1 aromatic carbocycles. The van der Waals surface area contributed by atoms with Crippen LogP contribution in [0.25, 0.3) is 0 Å². The van der Waals surface area contributed by atoms with Gasteiger partial charge in [-0.2, -0.15) is 0 Å². The first-order valence-electron chi connectivity index (χ1n) is 10.8. The predicted molar refractivity (Wildman–Crippen MR) is 115 cm³/mol. The third-order valence-electron chi connectivity index (χ3n) is 6.61. The van der Waals surface area contributed by atoms with Crippen molar-refractivity contribution in [3.8, 4) is 0 Å². The Morgan fingerprint density at radius 3 is 2.77 bits per heavy atom. The second kappa shape index (κ2) is 7.60. The number of rotatable bonds is 2. The Morgan fingerprint density at radius 2 is 2.00 bits per heavy atom. The van der Waals surface area contributed by atoms with Gasteiger partial charge in [-0.1, -0.05) is 18.2 Å². The molecule has 8 nitrogen and oxygen atoms in total. The molecule has 0 radical (unpaired) electrons. The maximum Gasteiger partial charge on any atom is 0.252 e. The molecule has 3 aliphatic rings. The summed E-state index contributed by atoms with van der Waals surface area (Å²) in [6.45, 7) is 1.79. The van der Waals surface area contributed by atoms with Gasteiger partial charge in [0.15, 0.2) is 0 Å². The van der Waals surface area contributed by atoms with Crippen molar-refractivity contribution in [2.75, 3.05) is 38.7 Å². The van der Waals surface area contributed by atoms with Crippen molar-refractivity contribution in [2.45, 2.75) is 37.3 Å². The number of carbonyl (C=O) groups is 2. The van der Waals surface area contributed by atoms with Crippen molar-refractivity contribution in [1.82, 2.24) is 20.2 Å². The molecule has 1 unspecified atom stereocenters. The van der Waals surface area contributed by atoms with Gasteiger partial charge in [-0.25, -0.2) is 9.97 Å². The SMILES string of the molecule is CN(C)c1ncc2c(n1)C1(CCN(C(=O)C3Cc4ccccc4C(=O)N3)CC1)OCC2. The van der Waals surface area contributed by atoms with Crippen LogP contribution in [0, 0.1) is 0 Å². The molecule has 3 aliphatic heterocycles. The summed E-state index contributed by atoms with van der Waals surface area (Å²) in [4.78, 5) is 38.7. The Kier molecular flexibility index (Phi) is 4.89. The number of likely N-dealkylation sites (tertiary alicyclic amines) is 1. The molecule has 0 saturated carbocycles. The highest BCUT2D eigenvalue weighted by Crippen LogP contribution is 2.41. The van der Waals surface area contributed by atoms with Crippen molar-refractivity contribution in [2.24, 2.45) is 0 Å². The zero-order valence-electron chi connectivity index (χ0n) is 17.9. The van der Waals surface area contributed by atoms with Gasteiger partial charge in [0.25, 0.3) is 5.91 Å². The van der Waals surface area contributed by atoms with Crippen LogP contribution in [0.2, 0.25) is 0 Å². The normalized spacial score (nSPS) is 21.8. The Bertz CT molecular complexity index is 1030. The number of nitrogens with zero attached hydrogens (tertiary/aromatic N) is 4. The van der Waals surface area contributed by atoms with Crippen LogP contribution in [-0.4, -0.2) is 66.5 Å². The minimum absolute atomic E-state index is 0.0228. The molecule has 2 aromatic rings. The minimum Gasteiger partial charge on any atom is -0.368 e. The molecule has 1 aromatic heterocycles. The molecule has 0 bridgehead atoms. The highest BCUT2D eigenvalue weighted by molar-refractivity contribution is 6.00. The molecule has 0 aliphatic carbocycles. The van der Waals surface area contributed by atoms with Gasteiger partial charge in [-0.15, -0.1) is 0 Å². The van der Waals surface area contributed by atoms with Crippen molar-refractivity contribution in [3.05, 3.63) is 52.8 Å². The number of benzene rings is 1. The number of nitrogens with one attached hydrogen (secondary N) is 1. The quantitative estimate of drug-likeness (QED) is 0.786. The Morgan fingerprint density at radius 1 is 1.23 bits per heavy atom. The van der Waals surface area contributed by atoms with E-state index >= 15 is 0 Å². The van der Waals surface area contributed by atoms with Crippen LogP contribution in [0.5, 0.6) is 0 Å². The van der Waals surface area contributed by atoms with E-state index < -0.39 is 11.6 Å². The first-order chi connectivity index (χ1) is 15.0. The lowest BCUT2D eigenvalue weighted by Crippen LogP contribution is -2.56. The van der Waals surface area contributed by atoms with Gasteiger partial charge in [0.1, 0.15) is 11.6 Å². The lowest BCUT2D eigenvalue weighted by Gasteiger charge is -2.45. The predicted octanol–water partition coefficient (Wildman–Crippen LogP) is 1.29. The minimum atomic E-state index is -0.515. The first-order valence-corrected chi connectivity index (χ1v) is 10.8. The summed E-state index contributed by atoms with van der Waals surface area (Å²) in [6.07, 6.45) is 4.62. The van der Waals surface area contributed by atoms with Crippen LogP contribution in [-0.2, 0) is 28.0 Å². The van der Waals surface area contributed by atoms with Gasteiger partial charge in [-0.05, 0) is 36.5 Å². The van der Waals surface area contributed by atoms with E-state index in [0.29, 0.717) is 50.5 Å². The number of aromatic nitrogens is 2. The van der Waals surface area contributed by atoms with Gasteiger partial charge in [0.2, 0.25) is 11.9 Å². The molecule has 2 amide bonds. The number of amides is 2. The molecule has 1 saturated heterocycles. The van der Waals surface area contributed by atoms with Crippen molar-refractivity contribution in [1.29, 1.82) is 0 Å². The van der Waals surface area contributed by atoms with Crippen LogP contribution < -0.4 is 10.2 Å². The lowest BCUT2D eigenvalue weighted by molar-refractivity contribution is -0.143. The average molecular weight is 422 g/mol. The molecular weight excluding hydrogens is 394 g/mol. The van der Waals surface area contributed by atoms with Gasteiger partial charge in [0.05, 0.1) is 12.3 Å². The molecular formula is C23H27N5O3. The monoisotopic (exact) mass is 421 g/mol. The van der Waals surface area contributed by atoms with Crippen molar-refractivity contribution < 1.29 is 14.3 Å². The zero-order valence-corrected chi connectivity index (χ0v) is 17.9. The molecule has 8 heteroatoms. The number of piperidine rings is 1. The molecule has 1 spiro atoms. The van der Waals surface area contributed by atoms with Crippen LogP contribution >= 0.6 is 0 Å². The summed E-state index contributed by atoms with van der Waals surface area (Å²) in [5.41, 5.74) is 3.21. The number of hydrogen-bond donors (Lipinski definition) is 1. The third-order valence-corrected chi connectivity index (χ3v) is 6.61. The number of hydrogen-bond acceptors (Lipinski definition) is 6. The summed E-state index contributed by atoms with van der Waals surface area (Å²) in [7, 11) is 3.85.